The van der Waals surface area contributed by atoms with Crippen molar-refractivity contribution in [3.8, 4) is 0 Å². The smallest absolute Gasteiger partial charge is 0.338 e. The zero-order valence-corrected chi connectivity index (χ0v) is 14.8. The van der Waals surface area contributed by atoms with Crippen molar-refractivity contribution in [1.29, 1.82) is 0 Å². The highest BCUT2D eigenvalue weighted by molar-refractivity contribution is 5.89. The summed E-state index contributed by atoms with van der Waals surface area (Å²) in [4.78, 5) is 36.8. The van der Waals surface area contributed by atoms with Gasteiger partial charge in [-0.2, -0.15) is 0 Å². The van der Waals surface area contributed by atoms with Crippen LogP contribution in [0.25, 0.3) is 0 Å². The highest BCUT2D eigenvalue weighted by Crippen LogP contribution is 2.49. The molecular weight excluding hydrogens is 336 g/mol. The van der Waals surface area contributed by atoms with E-state index in [-0.39, 0.29) is 17.9 Å². The number of rotatable bonds is 4. The van der Waals surface area contributed by atoms with Gasteiger partial charge in [-0.05, 0) is 37.5 Å². The van der Waals surface area contributed by atoms with Gasteiger partial charge in [0.15, 0.2) is 0 Å². The van der Waals surface area contributed by atoms with Gasteiger partial charge in [-0.25, -0.2) is 4.79 Å². The molecule has 0 aromatic heterocycles. The molecule has 2 aliphatic carbocycles. The number of carbonyl (C=O) groups is 3. The summed E-state index contributed by atoms with van der Waals surface area (Å²) in [5.41, 5.74) is -0.405. The molecule has 0 unspecified atom stereocenters. The van der Waals surface area contributed by atoms with Gasteiger partial charge < -0.3 is 14.2 Å². The van der Waals surface area contributed by atoms with Crippen LogP contribution in [0, 0.1) is 17.3 Å². The van der Waals surface area contributed by atoms with Crippen molar-refractivity contribution in [2.24, 2.45) is 17.3 Å². The molecule has 2 aliphatic rings. The maximum atomic E-state index is 12.4. The Hall–Kier alpha value is -2.63. The van der Waals surface area contributed by atoms with Crippen LogP contribution in [0.4, 0.5) is 0 Å². The summed E-state index contributed by atoms with van der Waals surface area (Å²) in [6, 6.07) is 8.73. The minimum absolute atomic E-state index is 0.149. The van der Waals surface area contributed by atoms with Crippen molar-refractivity contribution in [3.05, 3.63) is 48.0 Å². The lowest BCUT2D eigenvalue weighted by molar-refractivity contribution is -0.160. The maximum Gasteiger partial charge on any atom is 0.338 e. The van der Waals surface area contributed by atoms with Crippen LogP contribution in [0.3, 0.4) is 0 Å². The lowest BCUT2D eigenvalue weighted by Gasteiger charge is -2.44. The SMILES string of the molecule is COC(=O)[C@H]1C[C@@H]2C[C@@](C(=O)OC)(C=C[C@H]2OC(=O)c2ccccc2)C1. The van der Waals surface area contributed by atoms with Crippen LogP contribution in [0.5, 0.6) is 0 Å². The largest absolute Gasteiger partial charge is 0.469 e. The van der Waals surface area contributed by atoms with Crippen LogP contribution in [-0.4, -0.2) is 38.2 Å². The maximum absolute atomic E-state index is 12.4. The molecule has 4 atom stereocenters. The third-order valence-electron chi connectivity index (χ3n) is 5.27. The number of fused-ring (bicyclic) bond motifs is 2. The van der Waals surface area contributed by atoms with E-state index in [1.165, 1.54) is 14.2 Å². The van der Waals surface area contributed by atoms with E-state index in [1.54, 1.807) is 36.4 Å². The number of ether oxygens (including phenoxy) is 3. The van der Waals surface area contributed by atoms with Crippen molar-refractivity contribution in [1.82, 2.24) is 0 Å². The molecule has 2 bridgehead atoms. The number of carbonyl (C=O) groups excluding carboxylic acids is 3. The van der Waals surface area contributed by atoms with E-state index in [9.17, 15) is 14.4 Å². The molecule has 0 saturated heterocycles. The normalized spacial score (nSPS) is 29.5. The quantitative estimate of drug-likeness (QED) is 0.467. The molecule has 0 heterocycles. The van der Waals surface area contributed by atoms with Crippen LogP contribution < -0.4 is 0 Å². The monoisotopic (exact) mass is 358 g/mol. The molecule has 0 aliphatic heterocycles. The lowest BCUT2D eigenvalue weighted by Crippen LogP contribution is -2.47. The summed E-state index contributed by atoms with van der Waals surface area (Å²) in [7, 11) is 2.67. The molecular formula is C20H22O6. The standard InChI is InChI=1S/C20H22O6/c1-24-17(21)15-10-14-11-20(12-15,19(23)25-2)9-8-16(14)26-18(22)13-6-4-3-5-7-13/h3-9,14-16H,10-12H2,1-2H3/t14-,15+,16-,20+/m1/s1. The van der Waals surface area contributed by atoms with Crippen molar-refractivity contribution >= 4 is 17.9 Å². The molecule has 26 heavy (non-hydrogen) atoms. The average molecular weight is 358 g/mol. The van der Waals surface area contributed by atoms with Gasteiger partial charge in [0.05, 0.1) is 31.1 Å². The van der Waals surface area contributed by atoms with Crippen LogP contribution in [0.1, 0.15) is 29.6 Å². The zero-order valence-electron chi connectivity index (χ0n) is 14.8. The second-order valence-electron chi connectivity index (χ2n) is 6.87. The fourth-order valence-corrected chi connectivity index (χ4v) is 4.03. The van der Waals surface area contributed by atoms with Crippen LogP contribution in [0.15, 0.2) is 42.5 Å². The van der Waals surface area contributed by atoms with E-state index in [0.717, 1.165) is 0 Å². The summed E-state index contributed by atoms with van der Waals surface area (Å²) in [6.45, 7) is 0. The number of hydrogen-bond acceptors (Lipinski definition) is 6. The molecule has 0 radical (unpaired) electrons. The third-order valence-corrected chi connectivity index (χ3v) is 5.27. The molecule has 6 heteroatoms. The van der Waals surface area contributed by atoms with E-state index in [0.29, 0.717) is 24.8 Å². The highest BCUT2D eigenvalue weighted by atomic mass is 16.5. The highest BCUT2D eigenvalue weighted by Gasteiger charge is 2.52. The van der Waals surface area contributed by atoms with Crippen molar-refractivity contribution in [2.45, 2.75) is 25.4 Å². The molecule has 6 nitrogen and oxygen atoms in total. The Morgan fingerprint density at radius 3 is 2.42 bits per heavy atom. The van der Waals surface area contributed by atoms with Gasteiger partial charge in [0.1, 0.15) is 6.10 Å². The summed E-state index contributed by atoms with van der Waals surface area (Å²) in [6.07, 6.45) is 4.32. The molecule has 0 N–H and O–H groups in total. The van der Waals surface area contributed by atoms with E-state index in [1.807, 2.05) is 6.07 Å². The Bertz CT molecular complexity index is 725. The molecule has 0 amide bonds. The molecule has 0 spiro atoms. The topological polar surface area (TPSA) is 78.9 Å². The van der Waals surface area contributed by atoms with Crippen LogP contribution in [0.2, 0.25) is 0 Å². The Balaban J connectivity index is 1.84. The van der Waals surface area contributed by atoms with Gasteiger partial charge in [0.2, 0.25) is 0 Å². The van der Waals surface area contributed by atoms with E-state index in [4.69, 9.17) is 14.2 Å². The first kappa shape index (κ1) is 18.2. The summed E-state index contributed by atoms with van der Waals surface area (Å²) in [5, 5.41) is 0. The Morgan fingerprint density at radius 1 is 1.04 bits per heavy atom. The number of benzene rings is 1. The van der Waals surface area contributed by atoms with Crippen LogP contribution in [-0.2, 0) is 23.8 Å². The van der Waals surface area contributed by atoms with Crippen LogP contribution >= 0.6 is 0 Å². The van der Waals surface area contributed by atoms with E-state index >= 15 is 0 Å². The summed E-state index contributed by atoms with van der Waals surface area (Å²) in [5.74, 6) is -1.73. The first-order valence-corrected chi connectivity index (χ1v) is 8.61. The summed E-state index contributed by atoms with van der Waals surface area (Å²) < 4.78 is 15.5. The van der Waals surface area contributed by atoms with Crippen molar-refractivity contribution in [2.75, 3.05) is 14.2 Å². The first-order chi connectivity index (χ1) is 12.5. The van der Waals surface area contributed by atoms with Gasteiger partial charge in [0.25, 0.3) is 0 Å². The lowest BCUT2D eigenvalue weighted by atomic mass is 9.61. The molecule has 1 fully saturated rings. The number of hydrogen-bond donors (Lipinski definition) is 0. The van der Waals surface area contributed by atoms with Gasteiger partial charge >= 0.3 is 17.9 Å². The minimum atomic E-state index is -0.869. The van der Waals surface area contributed by atoms with Gasteiger partial charge in [0, 0.05) is 5.92 Å². The fourth-order valence-electron chi connectivity index (χ4n) is 4.03. The summed E-state index contributed by atoms with van der Waals surface area (Å²) >= 11 is 0. The first-order valence-electron chi connectivity index (χ1n) is 8.61. The minimum Gasteiger partial charge on any atom is -0.469 e. The fraction of sp³-hybridized carbons (Fsp3) is 0.450. The second-order valence-corrected chi connectivity index (χ2v) is 6.87. The van der Waals surface area contributed by atoms with Gasteiger partial charge in [-0.15, -0.1) is 0 Å². The molecule has 3 rings (SSSR count). The third kappa shape index (κ3) is 3.36. The molecule has 1 saturated carbocycles. The molecule has 1 aromatic rings. The zero-order chi connectivity index (χ0) is 18.7. The predicted molar refractivity (Wildman–Crippen MR) is 92.1 cm³/mol. The predicted octanol–water partition coefficient (Wildman–Crippen LogP) is 2.53. The average Bonchev–Trinajstić information content (AvgIpc) is 2.69. The van der Waals surface area contributed by atoms with E-state index < -0.39 is 23.4 Å². The Kier molecular flexibility index (Phi) is 5.11. The molecule has 138 valence electrons. The Labute approximate surface area is 152 Å². The van der Waals surface area contributed by atoms with E-state index in [2.05, 4.69) is 0 Å². The van der Waals surface area contributed by atoms with Gasteiger partial charge in [-0.1, -0.05) is 24.3 Å². The van der Waals surface area contributed by atoms with Crippen molar-refractivity contribution < 1.29 is 28.6 Å². The number of esters is 3. The molecule has 1 aromatic carbocycles. The Morgan fingerprint density at radius 2 is 1.77 bits per heavy atom. The second kappa shape index (κ2) is 7.32. The van der Waals surface area contributed by atoms with Gasteiger partial charge in [-0.3, -0.25) is 9.59 Å². The number of methoxy groups -OCH3 is 2. The van der Waals surface area contributed by atoms with Crippen molar-refractivity contribution in [3.63, 3.8) is 0 Å².